The van der Waals surface area contributed by atoms with E-state index in [0.717, 1.165) is 12.3 Å². The van der Waals surface area contributed by atoms with Gasteiger partial charge in [-0.3, -0.25) is 4.57 Å². The maximum absolute atomic E-state index is 11.0. The van der Waals surface area contributed by atoms with Crippen molar-refractivity contribution in [1.29, 1.82) is 0 Å². The summed E-state index contributed by atoms with van der Waals surface area (Å²) in [5.74, 6) is -2.04. The van der Waals surface area contributed by atoms with Gasteiger partial charge in [0.1, 0.15) is 5.56 Å². The van der Waals surface area contributed by atoms with Crippen molar-refractivity contribution in [3.63, 3.8) is 0 Å². The molecule has 0 bridgehead atoms. The molecule has 1 rings (SSSR count). The molecule has 1 aromatic rings. The van der Waals surface area contributed by atoms with Gasteiger partial charge < -0.3 is 15.1 Å². The topological polar surface area (TPSA) is 108 Å². The van der Waals surface area contributed by atoms with Crippen molar-refractivity contribution >= 4 is 50.9 Å². The third-order valence-electron chi connectivity index (χ3n) is 1.55. The molecule has 106 valence electrons. The molecule has 0 aromatic carbocycles. The summed E-state index contributed by atoms with van der Waals surface area (Å²) in [7, 11) is 1.17. The molecule has 1 aromatic heterocycles. The molecule has 0 spiro atoms. The number of ether oxygens (including phenoxy) is 1. The second-order valence-electron chi connectivity index (χ2n) is 2.82. The quantitative estimate of drug-likeness (QED) is 0.380. The van der Waals surface area contributed by atoms with Crippen LogP contribution in [0.15, 0.2) is 18.3 Å². The molecule has 1 N–H and O–H groups in total. The van der Waals surface area contributed by atoms with Gasteiger partial charge in [0.2, 0.25) is 0 Å². The fourth-order valence-corrected chi connectivity index (χ4v) is 0.885. The summed E-state index contributed by atoms with van der Waals surface area (Å²) in [6.45, 7) is 0. The lowest BCUT2D eigenvalue weighted by Gasteiger charge is -2.02. The van der Waals surface area contributed by atoms with E-state index in [-0.39, 0.29) is 10.3 Å². The van der Waals surface area contributed by atoms with Crippen molar-refractivity contribution in [1.82, 2.24) is 0 Å². The highest BCUT2D eigenvalue weighted by Gasteiger charge is 2.17. The van der Waals surface area contributed by atoms with E-state index in [4.69, 9.17) is 5.11 Å². The number of esters is 1. The molecule has 0 aliphatic rings. The van der Waals surface area contributed by atoms with Gasteiger partial charge in [0, 0.05) is 6.07 Å². The predicted molar refractivity (Wildman–Crippen MR) is 68.9 cm³/mol. The van der Waals surface area contributed by atoms with E-state index in [9.17, 15) is 19.4 Å². The van der Waals surface area contributed by atoms with E-state index < -0.39 is 22.8 Å². The number of carbonyl (C=O) groups excluding carboxylic acids is 1. The molecule has 0 fully saturated rings. The first-order valence-corrected chi connectivity index (χ1v) is 8.72. The SMILES string of the molecule is COC(=O)c1ccc(C(=O)O)[n+]([O-])c1.O=P(Cl)(Cl)Cl. The van der Waals surface area contributed by atoms with E-state index in [1.165, 1.54) is 13.2 Å². The lowest BCUT2D eigenvalue weighted by atomic mass is 10.2. The van der Waals surface area contributed by atoms with Gasteiger partial charge in [-0.1, -0.05) is 0 Å². The summed E-state index contributed by atoms with van der Waals surface area (Å²) >= 11 is 13.8. The molecule has 0 atom stereocenters. The average Bonchev–Trinajstić information content (AvgIpc) is 2.25. The van der Waals surface area contributed by atoms with E-state index >= 15 is 0 Å². The Bertz CT molecular complexity index is 523. The molecular weight excluding hydrogens is 343 g/mol. The van der Waals surface area contributed by atoms with Crippen LogP contribution in [0.3, 0.4) is 0 Å². The van der Waals surface area contributed by atoms with Crippen molar-refractivity contribution in [2.75, 3.05) is 7.11 Å². The lowest BCUT2D eigenvalue weighted by molar-refractivity contribution is -0.608. The molecule has 19 heavy (non-hydrogen) atoms. The van der Waals surface area contributed by atoms with Gasteiger partial charge in [0.25, 0.3) is 0 Å². The summed E-state index contributed by atoms with van der Waals surface area (Å²) in [5.41, 5.74) is -0.440. The Hall–Kier alpha value is -1.01. The van der Waals surface area contributed by atoms with Crippen LogP contribution in [-0.4, -0.2) is 24.2 Å². The molecule has 0 aliphatic carbocycles. The van der Waals surface area contributed by atoms with Crippen LogP contribution in [-0.2, 0) is 9.30 Å². The van der Waals surface area contributed by atoms with Crippen molar-refractivity contribution in [3.8, 4) is 0 Å². The van der Waals surface area contributed by atoms with E-state index in [1.807, 2.05) is 0 Å². The maximum atomic E-state index is 11.0. The van der Waals surface area contributed by atoms with Crippen LogP contribution in [0.5, 0.6) is 0 Å². The number of aromatic carboxylic acids is 1. The molecule has 0 saturated carbocycles. The van der Waals surface area contributed by atoms with Gasteiger partial charge in [0.05, 0.1) is 7.11 Å². The molecular formula is C8H7Cl3NO6P. The molecule has 0 saturated heterocycles. The summed E-state index contributed by atoms with van der Waals surface area (Å²) in [6.07, 6.45) is 0.856. The van der Waals surface area contributed by atoms with Crippen LogP contribution in [0.1, 0.15) is 20.8 Å². The van der Waals surface area contributed by atoms with Crippen LogP contribution in [0.4, 0.5) is 0 Å². The third-order valence-corrected chi connectivity index (χ3v) is 1.55. The van der Waals surface area contributed by atoms with Gasteiger partial charge in [0.15, 0.2) is 6.20 Å². The second-order valence-corrected chi connectivity index (χ2v) is 9.46. The second kappa shape index (κ2) is 7.55. The third kappa shape index (κ3) is 7.89. The first-order valence-electron chi connectivity index (χ1n) is 4.30. The number of nitrogens with zero attached hydrogens (tertiary/aromatic N) is 1. The first-order chi connectivity index (χ1) is 8.56. The van der Waals surface area contributed by atoms with Crippen molar-refractivity contribution < 1.29 is 28.7 Å². The fourth-order valence-electron chi connectivity index (χ4n) is 0.885. The monoisotopic (exact) mass is 349 g/mol. The lowest BCUT2D eigenvalue weighted by Crippen LogP contribution is -2.35. The van der Waals surface area contributed by atoms with Crippen LogP contribution >= 0.6 is 38.9 Å². The molecule has 0 unspecified atom stereocenters. The number of methoxy groups -OCH3 is 1. The molecule has 1 heterocycles. The normalized spacial score (nSPS) is 10.1. The first kappa shape index (κ1) is 18.0. The number of hydrogen-bond acceptors (Lipinski definition) is 5. The molecule has 0 amide bonds. The van der Waals surface area contributed by atoms with Crippen molar-refractivity contribution in [2.24, 2.45) is 0 Å². The molecule has 11 heteroatoms. The van der Waals surface area contributed by atoms with E-state index in [2.05, 4.69) is 38.5 Å². The number of carboxylic acids is 1. The Morgan fingerprint density at radius 3 is 2.16 bits per heavy atom. The Morgan fingerprint density at radius 1 is 1.37 bits per heavy atom. The van der Waals surface area contributed by atoms with Crippen LogP contribution < -0.4 is 4.73 Å². The van der Waals surface area contributed by atoms with Crippen LogP contribution in [0.2, 0.25) is 0 Å². The number of carbonyl (C=O) groups is 2. The zero-order chi connectivity index (χ0) is 15.2. The number of carboxylic acid groups (broad SMARTS) is 1. The zero-order valence-corrected chi connectivity index (χ0v) is 12.4. The number of pyridine rings is 1. The van der Waals surface area contributed by atoms with Crippen LogP contribution in [0, 0.1) is 5.21 Å². The van der Waals surface area contributed by atoms with Gasteiger partial charge in [-0.25, -0.2) is 9.59 Å². The van der Waals surface area contributed by atoms with Crippen molar-refractivity contribution in [2.45, 2.75) is 0 Å². The molecule has 0 aliphatic heterocycles. The van der Waals surface area contributed by atoms with Gasteiger partial charge in [-0.05, 0) is 39.8 Å². The Labute approximate surface area is 122 Å². The summed E-state index contributed by atoms with van der Waals surface area (Å²) in [5, 5.41) is 16.3. The van der Waals surface area contributed by atoms with E-state index in [0.29, 0.717) is 0 Å². The minimum Gasteiger partial charge on any atom is -0.618 e. The summed E-state index contributed by atoms with van der Waals surface area (Å²) < 4.78 is 14.0. The van der Waals surface area contributed by atoms with Crippen molar-refractivity contribution in [3.05, 3.63) is 34.8 Å². The molecule has 0 radical (unpaired) electrons. The number of rotatable bonds is 2. The zero-order valence-electron chi connectivity index (χ0n) is 9.25. The standard InChI is InChI=1S/C8H7NO5.Cl3OP/c1-14-8(12)5-2-3-6(7(10)11)9(13)4-5;1-5(2,3)4/h2-4H,1H3,(H,10,11);. The van der Waals surface area contributed by atoms with Gasteiger partial charge in [-0.2, -0.15) is 4.73 Å². The highest BCUT2D eigenvalue weighted by Crippen LogP contribution is 2.61. The summed E-state index contributed by atoms with van der Waals surface area (Å²) in [6, 6.07) is 2.26. The average molecular weight is 350 g/mol. The highest BCUT2D eigenvalue weighted by atomic mass is 36.0. The number of aromatic nitrogens is 1. The Kier molecular flexibility index (Phi) is 7.15. The van der Waals surface area contributed by atoms with Gasteiger partial charge in [-0.15, -0.1) is 0 Å². The highest BCUT2D eigenvalue weighted by molar-refractivity contribution is 8.24. The predicted octanol–water partition coefficient (Wildman–Crippen LogP) is 2.62. The smallest absolute Gasteiger partial charge is 0.402 e. The minimum absolute atomic E-state index is 0.00694. The van der Waals surface area contributed by atoms with Gasteiger partial charge >= 0.3 is 22.8 Å². The van der Waals surface area contributed by atoms with E-state index in [1.54, 1.807) is 0 Å². The van der Waals surface area contributed by atoms with Crippen LogP contribution in [0.25, 0.3) is 0 Å². The Morgan fingerprint density at radius 2 is 1.84 bits per heavy atom. The molecule has 7 nitrogen and oxygen atoms in total. The maximum Gasteiger partial charge on any atom is 0.402 e. The fraction of sp³-hybridized carbons (Fsp3) is 0.125. The Balaban J connectivity index is 0.000000555. The summed E-state index contributed by atoms with van der Waals surface area (Å²) in [4.78, 5) is 21.4. The number of halogens is 3. The largest absolute Gasteiger partial charge is 0.618 e. The minimum atomic E-state index is -3.22. The number of hydrogen-bond donors (Lipinski definition) is 1.